The summed E-state index contributed by atoms with van der Waals surface area (Å²) in [6.07, 6.45) is -10.0. The molecule has 3 saturated heterocycles. The molecule has 4 heterocycles. The largest absolute Gasteiger partial charge is 0.496 e. The van der Waals surface area contributed by atoms with Gasteiger partial charge in [-0.2, -0.15) is 0 Å². The van der Waals surface area contributed by atoms with Crippen LogP contribution in [0.1, 0.15) is 94.9 Å². The fourth-order valence-corrected chi connectivity index (χ4v) is 11.3. The van der Waals surface area contributed by atoms with Crippen LogP contribution in [-0.4, -0.2) is 175 Å². The van der Waals surface area contributed by atoms with E-state index in [-0.39, 0.29) is 55.8 Å². The summed E-state index contributed by atoms with van der Waals surface area (Å²) in [6.45, 7) is 16.9. The van der Waals surface area contributed by atoms with Gasteiger partial charge in [0, 0.05) is 61.1 Å². The van der Waals surface area contributed by atoms with Crippen molar-refractivity contribution in [3.63, 3.8) is 0 Å². The Labute approximate surface area is 446 Å². The lowest BCUT2D eigenvalue weighted by atomic mass is 9.73. The number of rotatable bonds is 15. The number of aliphatic hydroxyl groups excluding tert-OH is 3. The van der Waals surface area contributed by atoms with Crippen molar-refractivity contribution in [2.24, 2.45) is 28.8 Å². The predicted molar refractivity (Wildman–Crippen MR) is 281 cm³/mol. The average molecular weight is 1070 g/mol. The third kappa shape index (κ3) is 13.3. The molecule has 20 nitrogen and oxygen atoms in total. The summed E-state index contributed by atoms with van der Waals surface area (Å²) >= 11 is 0. The molecule has 20 heteroatoms. The van der Waals surface area contributed by atoms with E-state index in [4.69, 9.17) is 51.9 Å². The first-order valence-corrected chi connectivity index (χ1v) is 26.4. The van der Waals surface area contributed by atoms with Crippen molar-refractivity contribution in [2.45, 2.75) is 179 Å². The summed E-state index contributed by atoms with van der Waals surface area (Å²) in [5.74, 6) is -2.75. The summed E-state index contributed by atoms with van der Waals surface area (Å²) in [6, 6.07) is 11.2. The maximum atomic E-state index is 14.5. The van der Waals surface area contributed by atoms with Crippen LogP contribution in [0.2, 0.25) is 0 Å². The number of fused-ring (bicyclic) bond motifs is 1. The summed E-state index contributed by atoms with van der Waals surface area (Å²) in [7, 11) is 8.17. The molecule has 18 atom stereocenters. The molecule has 0 saturated carbocycles. The van der Waals surface area contributed by atoms with E-state index in [1.165, 1.54) is 34.3 Å². The Morgan fingerprint density at radius 1 is 0.816 bits per heavy atom. The summed E-state index contributed by atoms with van der Waals surface area (Å²) in [5.41, 5.74) is -4.03. The van der Waals surface area contributed by atoms with Gasteiger partial charge in [0.1, 0.15) is 64.5 Å². The molecule has 1 aromatic heterocycles. The number of nitrogens with zero attached hydrogens (tertiary/aromatic N) is 2. The van der Waals surface area contributed by atoms with Crippen LogP contribution < -0.4 is 19.6 Å². The number of carbonyl (C=O) groups excluding carboxylic acids is 1. The van der Waals surface area contributed by atoms with E-state index in [1.807, 2.05) is 32.8 Å². The van der Waals surface area contributed by atoms with Crippen molar-refractivity contribution in [1.29, 1.82) is 0 Å². The number of oxime groups is 1. The van der Waals surface area contributed by atoms with Gasteiger partial charge < -0.3 is 82.3 Å². The molecule has 6 rings (SSSR count). The van der Waals surface area contributed by atoms with Gasteiger partial charge in [0.2, 0.25) is 0 Å². The molecule has 0 radical (unpaired) electrons. The topological polar surface area (TPSA) is 256 Å². The van der Waals surface area contributed by atoms with Crippen molar-refractivity contribution in [1.82, 2.24) is 4.90 Å². The lowest BCUT2D eigenvalue weighted by Crippen LogP contribution is -2.61. The molecule has 3 aliphatic heterocycles. The quantitative estimate of drug-likeness (QED) is 0.0719. The van der Waals surface area contributed by atoms with Crippen LogP contribution in [0.3, 0.4) is 0 Å². The third-order valence-electron chi connectivity index (χ3n) is 15.8. The van der Waals surface area contributed by atoms with E-state index in [0.717, 1.165) is 0 Å². The highest BCUT2D eigenvalue weighted by atomic mass is 16.7. The van der Waals surface area contributed by atoms with Crippen molar-refractivity contribution in [3.8, 4) is 28.6 Å². The monoisotopic (exact) mass is 1070 g/mol. The highest BCUT2D eigenvalue weighted by Crippen LogP contribution is 2.41. The highest BCUT2D eigenvalue weighted by Gasteiger charge is 2.53. The number of hydrogen-bond acceptors (Lipinski definition) is 20. The number of carbonyl (C=O) groups is 1. The smallest absolute Gasteiger partial charge is 0.311 e. The lowest BCUT2D eigenvalue weighted by molar-refractivity contribution is -0.317. The van der Waals surface area contributed by atoms with Gasteiger partial charge in [-0.05, 0) is 99.2 Å². The minimum absolute atomic E-state index is 0.0322. The summed E-state index contributed by atoms with van der Waals surface area (Å²) in [4.78, 5) is 35.5. The number of hydrogen-bond donors (Lipinski definition) is 5. The van der Waals surface area contributed by atoms with Crippen molar-refractivity contribution in [2.75, 3.05) is 48.6 Å². The minimum Gasteiger partial charge on any atom is -0.496 e. The first kappa shape index (κ1) is 60.8. The van der Waals surface area contributed by atoms with Crippen LogP contribution in [0.4, 0.5) is 0 Å². The van der Waals surface area contributed by atoms with Crippen molar-refractivity contribution >= 4 is 22.7 Å². The van der Waals surface area contributed by atoms with Crippen LogP contribution in [0.15, 0.2) is 56.8 Å². The summed E-state index contributed by atoms with van der Waals surface area (Å²) in [5, 5.41) is 65.1. The SMILES string of the molecule is CC[C@H]1OC(=O)[C@H](C)[C@@H](O[C@H]2C[C@@](C)(OC)[C@@H](O)[C@H](C)O2)[C@H](C)[C@@H](O[C@@H]2O[C@H](C)C[C@H](N(C)C)[C@H]2O)[C@](C)(O)C[C@@H](C)/C(=N/OCCOc2ccc(-c3cc(=O)c4c(OC)cc(OC)cc4o3)cc2)[C@H](C)[C@@H](O)[C@]1(C)O. The zero-order valence-electron chi connectivity index (χ0n) is 46.9. The molecule has 0 spiro atoms. The number of aliphatic hydroxyl groups is 5. The molecule has 0 unspecified atom stereocenters. The Morgan fingerprint density at radius 3 is 2.12 bits per heavy atom. The van der Waals surface area contributed by atoms with Gasteiger partial charge in [-0.25, -0.2) is 0 Å². The Hall–Kier alpha value is -4.45. The molecule has 426 valence electrons. The summed E-state index contributed by atoms with van der Waals surface area (Å²) < 4.78 is 60.9. The molecule has 0 amide bonds. The lowest BCUT2D eigenvalue weighted by Gasteiger charge is -2.49. The van der Waals surface area contributed by atoms with Crippen LogP contribution >= 0.6 is 0 Å². The molecule has 3 aromatic rings. The Morgan fingerprint density at radius 2 is 1.50 bits per heavy atom. The van der Waals surface area contributed by atoms with E-state index in [0.29, 0.717) is 46.0 Å². The number of ether oxygens (including phenoxy) is 9. The third-order valence-corrected chi connectivity index (χ3v) is 15.8. The molecule has 0 bridgehead atoms. The second-order valence-corrected chi connectivity index (χ2v) is 22.0. The molecule has 76 heavy (non-hydrogen) atoms. The van der Waals surface area contributed by atoms with E-state index in [2.05, 4.69) is 5.16 Å². The average Bonchev–Trinajstić information content (AvgIpc) is 3.38. The van der Waals surface area contributed by atoms with Crippen molar-refractivity contribution < 1.29 is 82.2 Å². The standard InChI is InChI=1S/C56H84N2O18/c1-16-43-56(10,65)49(61)31(4)46(57-70-22-21-69-36-19-17-35(18-20-36)40-26-39(59)45-41(67-14)24-37(66-13)25-42(45)73-40)29(2)27-54(8,64)51(76-53-47(60)38(58(11)12)23-30(3)71-53)32(5)48(33(6)52(63)74-43)75-44-28-55(9,68-15)50(62)34(7)72-44/h17-20,24-26,29-34,38,43-44,47-51,53,60-62,64-65H,16,21-23,27-28H2,1-15H3/b57-46-/t29-,30-,31+,32+,33-,34+,38+,43-,44+,47-,48+,49-,50+,51-,53+,54-,55-,56-/m1/s1. The molecule has 5 N–H and O–H groups in total. The number of benzene rings is 2. The van der Waals surface area contributed by atoms with Gasteiger partial charge in [-0.15, -0.1) is 0 Å². The highest BCUT2D eigenvalue weighted by molar-refractivity contribution is 5.89. The number of cyclic esters (lactones) is 1. The maximum absolute atomic E-state index is 14.5. The zero-order valence-corrected chi connectivity index (χ0v) is 46.9. The van der Waals surface area contributed by atoms with Gasteiger partial charge >= 0.3 is 5.97 Å². The normalized spacial score (nSPS) is 37.6. The minimum atomic E-state index is -2.03. The zero-order chi connectivity index (χ0) is 56.2. The van der Waals surface area contributed by atoms with Crippen LogP contribution in [0.25, 0.3) is 22.3 Å². The molecular weight excluding hydrogens is 989 g/mol. The van der Waals surface area contributed by atoms with Crippen LogP contribution in [-0.2, 0) is 38.1 Å². The Kier molecular flexibility index (Phi) is 20.1. The predicted octanol–water partition coefficient (Wildman–Crippen LogP) is 5.46. The van der Waals surface area contributed by atoms with E-state index < -0.39 is 102 Å². The van der Waals surface area contributed by atoms with Gasteiger partial charge in [-0.1, -0.05) is 32.9 Å². The molecule has 3 fully saturated rings. The molecule has 0 aliphatic carbocycles. The maximum Gasteiger partial charge on any atom is 0.311 e. The number of methoxy groups -OCH3 is 3. The second kappa shape index (κ2) is 25.1. The van der Waals surface area contributed by atoms with E-state index in [9.17, 15) is 35.1 Å². The fraction of sp³-hybridized carbons (Fsp3) is 0.696. The van der Waals surface area contributed by atoms with Crippen molar-refractivity contribution in [3.05, 3.63) is 52.7 Å². The molecule has 2 aromatic carbocycles. The van der Waals surface area contributed by atoms with E-state index >= 15 is 0 Å². The molecular formula is C56H84N2O18. The van der Waals surface area contributed by atoms with Crippen LogP contribution in [0.5, 0.6) is 17.2 Å². The van der Waals surface area contributed by atoms with Gasteiger partial charge in [0.25, 0.3) is 0 Å². The second-order valence-electron chi connectivity index (χ2n) is 22.0. The van der Waals surface area contributed by atoms with Crippen LogP contribution in [0, 0.1) is 23.7 Å². The fourth-order valence-electron chi connectivity index (χ4n) is 11.3. The Bertz CT molecular complexity index is 2480. The number of likely N-dealkylation sites (N-methyl/N-ethyl adjacent to an activating group) is 1. The van der Waals surface area contributed by atoms with Gasteiger partial charge in [0.05, 0.1) is 67.6 Å². The number of esters is 1. The molecule has 3 aliphatic rings. The first-order chi connectivity index (χ1) is 35.7. The van der Waals surface area contributed by atoms with Gasteiger partial charge in [0.15, 0.2) is 24.6 Å². The van der Waals surface area contributed by atoms with Gasteiger partial charge in [-0.3, -0.25) is 9.59 Å². The van der Waals surface area contributed by atoms with E-state index in [1.54, 1.807) is 84.9 Å². The first-order valence-electron chi connectivity index (χ1n) is 26.4. The Balaban J connectivity index is 1.30.